The van der Waals surface area contributed by atoms with Gasteiger partial charge in [0.05, 0.1) is 24.5 Å². The molecule has 2 aliphatic carbocycles. The van der Waals surface area contributed by atoms with Gasteiger partial charge in [-0.15, -0.1) is 0 Å². The average molecular weight is 663 g/mol. The maximum absolute atomic E-state index is 14.8. The SMILES string of the molecule is CC(C)C1CCC(C)C(OP(=O)(Cc2ccc(CP(=O)(OC3CC(C(C)C)CCC3C)c3ccccc3)cc2)c2ccccc2)C1. The van der Waals surface area contributed by atoms with Crippen LogP contribution in [0.15, 0.2) is 84.9 Å². The maximum Gasteiger partial charge on any atom is 0.236 e. The summed E-state index contributed by atoms with van der Waals surface area (Å²) in [5.74, 6) is 3.14. The van der Waals surface area contributed by atoms with Crippen LogP contribution in [0.25, 0.3) is 0 Å². The molecule has 4 nitrogen and oxygen atoms in total. The third kappa shape index (κ3) is 8.73. The fourth-order valence-electron chi connectivity index (χ4n) is 7.48. The molecule has 0 N–H and O–H groups in total. The number of hydrogen-bond donors (Lipinski definition) is 0. The van der Waals surface area contributed by atoms with Gasteiger partial charge in [0.1, 0.15) is 0 Å². The highest BCUT2D eigenvalue weighted by atomic mass is 31.2. The van der Waals surface area contributed by atoms with Crippen molar-refractivity contribution in [1.29, 1.82) is 0 Å². The van der Waals surface area contributed by atoms with Crippen molar-refractivity contribution in [3.63, 3.8) is 0 Å². The summed E-state index contributed by atoms with van der Waals surface area (Å²) in [6.07, 6.45) is 7.22. The van der Waals surface area contributed by atoms with Gasteiger partial charge in [-0.2, -0.15) is 0 Å². The molecule has 3 aromatic carbocycles. The second-order valence-electron chi connectivity index (χ2n) is 15.0. The van der Waals surface area contributed by atoms with Gasteiger partial charge in [-0.3, -0.25) is 9.13 Å². The van der Waals surface area contributed by atoms with E-state index in [-0.39, 0.29) is 12.2 Å². The molecule has 2 saturated carbocycles. The molecule has 0 saturated heterocycles. The number of rotatable bonds is 12. The normalized spacial score (nSPS) is 28.1. The zero-order valence-corrected chi connectivity index (χ0v) is 30.7. The van der Waals surface area contributed by atoms with Crippen LogP contribution in [0.5, 0.6) is 0 Å². The van der Waals surface area contributed by atoms with Crippen molar-refractivity contribution in [2.75, 3.05) is 0 Å². The lowest BCUT2D eigenvalue weighted by molar-refractivity contribution is 0.0640. The van der Waals surface area contributed by atoms with Crippen LogP contribution in [0.1, 0.15) is 91.2 Å². The van der Waals surface area contributed by atoms with Crippen molar-refractivity contribution in [1.82, 2.24) is 0 Å². The quantitative estimate of drug-likeness (QED) is 0.181. The van der Waals surface area contributed by atoms with Gasteiger partial charge >= 0.3 is 0 Å². The van der Waals surface area contributed by atoms with Crippen LogP contribution in [0.4, 0.5) is 0 Å². The monoisotopic (exact) mass is 662 g/mol. The van der Waals surface area contributed by atoms with E-state index < -0.39 is 14.7 Å². The standard InChI is InChI=1S/C40H56O4P2/c1-29(2)35-23-17-31(5)39(25-35)43-45(41,37-13-9-7-10-14-37)27-33-19-21-34(22-20-33)28-46(42,38-15-11-8-12-16-38)44-40-26-36(30(3)4)24-18-32(40)6/h7-16,19-22,29-32,35-36,39-40H,17-18,23-28H2,1-6H3. The molecular weight excluding hydrogens is 606 g/mol. The van der Waals surface area contributed by atoms with E-state index in [4.69, 9.17) is 9.05 Å². The first-order chi connectivity index (χ1) is 22.0. The summed E-state index contributed by atoms with van der Waals surface area (Å²) in [6.45, 7) is 13.6. The van der Waals surface area contributed by atoms with Crippen LogP contribution in [0.2, 0.25) is 0 Å². The molecule has 3 aromatic rings. The third-order valence-corrected chi connectivity index (χ3v) is 15.9. The minimum absolute atomic E-state index is 0.0159. The van der Waals surface area contributed by atoms with E-state index in [1.165, 1.54) is 12.8 Å². The van der Waals surface area contributed by atoms with E-state index in [2.05, 4.69) is 41.5 Å². The first-order valence-electron chi connectivity index (χ1n) is 17.7. The highest BCUT2D eigenvalue weighted by molar-refractivity contribution is 7.66. The molecular formula is C40H56O4P2. The summed E-state index contributed by atoms with van der Waals surface area (Å²) in [5.41, 5.74) is 1.94. The highest BCUT2D eigenvalue weighted by Crippen LogP contribution is 2.55. The van der Waals surface area contributed by atoms with E-state index in [0.29, 0.717) is 47.8 Å². The van der Waals surface area contributed by atoms with Crippen LogP contribution in [0, 0.1) is 35.5 Å². The van der Waals surface area contributed by atoms with Crippen molar-refractivity contribution in [2.24, 2.45) is 35.5 Å². The second kappa shape index (κ2) is 15.5. The molecule has 2 fully saturated rings. The molecule has 8 atom stereocenters. The molecule has 0 aromatic heterocycles. The molecule has 250 valence electrons. The lowest BCUT2D eigenvalue weighted by atomic mass is 9.76. The Balaban J connectivity index is 1.37. The van der Waals surface area contributed by atoms with Crippen molar-refractivity contribution in [3.8, 4) is 0 Å². The van der Waals surface area contributed by atoms with Crippen molar-refractivity contribution in [2.45, 2.75) is 105 Å². The summed E-state index contributed by atoms with van der Waals surface area (Å²) in [7, 11) is -6.37. The molecule has 0 heterocycles. The van der Waals surface area contributed by atoms with Gasteiger partial charge in [0.25, 0.3) is 0 Å². The van der Waals surface area contributed by atoms with Gasteiger partial charge in [0, 0.05) is 10.6 Å². The van der Waals surface area contributed by atoms with E-state index in [0.717, 1.165) is 47.4 Å². The fraction of sp³-hybridized carbons (Fsp3) is 0.550. The average Bonchev–Trinajstić information content (AvgIpc) is 3.05. The minimum Gasteiger partial charge on any atom is -0.321 e. The lowest BCUT2D eigenvalue weighted by Gasteiger charge is -2.38. The predicted octanol–water partition coefficient (Wildman–Crippen LogP) is 10.8. The Hall–Kier alpha value is -1.96. The van der Waals surface area contributed by atoms with Crippen molar-refractivity contribution in [3.05, 3.63) is 96.1 Å². The van der Waals surface area contributed by atoms with E-state index in [1.807, 2.05) is 84.9 Å². The Kier molecular flexibility index (Phi) is 11.9. The fourth-order valence-corrected chi connectivity index (χ4v) is 12.3. The predicted molar refractivity (Wildman–Crippen MR) is 194 cm³/mol. The Labute approximate surface area is 279 Å². The summed E-state index contributed by atoms with van der Waals surface area (Å²) in [6, 6.07) is 27.7. The molecule has 6 heteroatoms. The van der Waals surface area contributed by atoms with Gasteiger partial charge in [0.2, 0.25) is 14.7 Å². The van der Waals surface area contributed by atoms with Crippen LogP contribution in [-0.2, 0) is 30.5 Å². The maximum atomic E-state index is 14.8. The van der Waals surface area contributed by atoms with Gasteiger partial charge in [-0.05, 0) is 109 Å². The summed E-state index contributed by atoms with van der Waals surface area (Å²) >= 11 is 0. The minimum atomic E-state index is -3.18. The Morgan fingerprint density at radius 2 is 0.913 bits per heavy atom. The van der Waals surface area contributed by atoms with E-state index >= 15 is 0 Å². The molecule has 5 rings (SSSR count). The molecule has 0 spiro atoms. The van der Waals surface area contributed by atoms with Gasteiger partial charge < -0.3 is 9.05 Å². The molecule has 0 bridgehead atoms. The topological polar surface area (TPSA) is 52.6 Å². The number of benzene rings is 3. The Morgan fingerprint density at radius 1 is 0.565 bits per heavy atom. The molecule has 0 amide bonds. The lowest BCUT2D eigenvalue weighted by Crippen LogP contribution is -2.32. The highest BCUT2D eigenvalue weighted by Gasteiger charge is 2.38. The van der Waals surface area contributed by atoms with Gasteiger partial charge in [0.15, 0.2) is 0 Å². The van der Waals surface area contributed by atoms with E-state index in [9.17, 15) is 9.13 Å². The van der Waals surface area contributed by atoms with Crippen LogP contribution >= 0.6 is 14.7 Å². The zero-order chi connectivity index (χ0) is 32.9. The first-order valence-corrected chi connectivity index (χ1v) is 21.3. The number of hydrogen-bond acceptors (Lipinski definition) is 4. The molecule has 8 unspecified atom stereocenters. The van der Waals surface area contributed by atoms with Crippen LogP contribution in [0.3, 0.4) is 0 Å². The molecule has 0 radical (unpaired) electrons. The van der Waals surface area contributed by atoms with Crippen molar-refractivity contribution < 1.29 is 18.2 Å². The Bertz CT molecular complexity index is 1360. The third-order valence-electron chi connectivity index (χ3n) is 10.9. The smallest absolute Gasteiger partial charge is 0.236 e. The van der Waals surface area contributed by atoms with Crippen molar-refractivity contribution >= 4 is 25.3 Å². The molecule has 2 aliphatic rings. The van der Waals surface area contributed by atoms with Crippen LogP contribution in [-0.4, -0.2) is 12.2 Å². The van der Waals surface area contributed by atoms with Gasteiger partial charge in [-0.1, -0.05) is 102 Å². The Morgan fingerprint density at radius 3 is 1.24 bits per heavy atom. The zero-order valence-electron chi connectivity index (χ0n) is 28.9. The summed E-state index contributed by atoms with van der Waals surface area (Å²) in [4.78, 5) is 0. The summed E-state index contributed by atoms with van der Waals surface area (Å²) in [5, 5.41) is 1.56. The molecule has 46 heavy (non-hydrogen) atoms. The second-order valence-corrected chi connectivity index (χ2v) is 19.8. The first kappa shape index (κ1) is 35.3. The van der Waals surface area contributed by atoms with Crippen LogP contribution < -0.4 is 10.6 Å². The summed E-state index contributed by atoms with van der Waals surface area (Å²) < 4.78 is 43.1. The largest absolute Gasteiger partial charge is 0.321 e. The molecule has 0 aliphatic heterocycles. The van der Waals surface area contributed by atoms with Gasteiger partial charge in [-0.25, -0.2) is 0 Å². The van der Waals surface area contributed by atoms with E-state index in [1.54, 1.807) is 0 Å².